The van der Waals surface area contributed by atoms with Crippen LogP contribution in [-0.4, -0.2) is 12.1 Å². The topological polar surface area (TPSA) is 41.5 Å². The highest BCUT2D eigenvalue weighted by Gasteiger charge is 2.07. The molecule has 18 heavy (non-hydrogen) atoms. The van der Waals surface area contributed by atoms with Crippen molar-refractivity contribution in [3.63, 3.8) is 0 Å². The number of hydrazone groups is 1. The minimum Gasteiger partial charge on any atom is -0.267 e. The van der Waals surface area contributed by atoms with Crippen LogP contribution in [0.1, 0.15) is 35.2 Å². The lowest BCUT2D eigenvalue weighted by Gasteiger charge is -2.11. The maximum Gasteiger partial charge on any atom is 0.271 e. The molecule has 1 N–H and O–H groups in total. The van der Waals surface area contributed by atoms with Crippen LogP contribution in [0.15, 0.2) is 41.5 Å². The molecule has 94 valence electrons. The molecule has 1 aromatic rings. The SMILES string of the molecule is Cc1ccc(C(=O)NN=CC2CC=CCC2)cc1. The Morgan fingerprint density at radius 3 is 2.78 bits per heavy atom. The minimum absolute atomic E-state index is 0.155. The average molecular weight is 242 g/mol. The van der Waals surface area contributed by atoms with E-state index in [-0.39, 0.29) is 5.91 Å². The van der Waals surface area contributed by atoms with Gasteiger partial charge in [-0.1, -0.05) is 29.8 Å². The third kappa shape index (κ3) is 3.55. The average Bonchev–Trinajstić information content (AvgIpc) is 2.40. The van der Waals surface area contributed by atoms with Crippen molar-refractivity contribution in [2.75, 3.05) is 0 Å². The standard InChI is InChI=1S/C15H18N2O/c1-12-7-9-14(10-8-12)15(18)17-16-11-13-5-3-2-4-6-13/h2-3,7-11,13H,4-6H2,1H3,(H,17,18). The van der Waals surface area contributed by atoms with Gasteiger partial charge in [0.05, 0.1) is 0 Å². The number of carbonyl (C=O) groups excluding carboxylic acids is 1. The van der Waals surface area contributed by atoms with E-state index < -0.39 is 0 Å². The zero-order valence-corrected chi connectivity index (χ0v) is 10.6. The van der Waals surface area contributed by atoms with Gasteiger partial charge in [-0.3, -0.25) is 4.79 Å². The van der Waals surface area contributed by atoms with E-state index in [0.717, 1.165) is 24.8 Å². The van der Waals surface area contributed by atoms with Crippen LogP contribution in [-0.2, 0) is 0 Å². The number of nitrogens with one attached hydrogen (secondary N) is 1. The molecule has 0 spiro atoms. The molecule has 0 fully saturated rings. The summed E-state index contributed by atoms with van der Waals surface area (Å²) in [5.41, 5.74) is 4.35. The molecule has 0 bridgehead atoms. The van der Waals surface area contributed by atoms with Crippen molar-refractivity contribution in [3.8, 4) is 0 Å². The van der Waals surface area contributed by atoms with Crippen LogP contribution in [0.3, 0.4) is 0 Å². The number of rotatable bonds is 3. The molecular weight excluding hydrogens is 224 g/mol. The van der Waals surface area contributed by atoms with E-state index in [0.29, 0.717) is 11.5 Å². The van der Waals surface area contributed by atoms with Crippen molar-refractivity contribution in [1.82, 2.24) is 5.43 Å². The Kier molecular flexibility index (Phi) is 4.29. The molecule has 2 rings (SSSR count). The first-order valence-electron chi connectivity index (χ1n) is 6.31. The van der Waals surface area contributed by atoms with Gasteiger partial charge in [-0.15, -0.1) is 0 Å². The van der Waals surface area contributed by atoms with Gasteiger partial charge in [0.2, 0.25) is 0 Å². The second-order valence-corrected chi connectivity index (χ2v) is 4.63. The Bertz CT molecular complexity index is 460. The first kappa shape index (κ1) is 12.6. The number of nitrogens with zero attached hydrogens (tertiary/aromatic N) is 1. The van der Waals surface area contributed by atoms with E-state index >= 15 is 0 Å². The maximum atomic E-state index is 11.8. The Morgan fingerprint density at radius 1 is 1.33 bits per heavy atom. The van der Waals surface area contributed by atoms with E-state index in [4.69, 9.17) is 0 Å². The van der Waals surface area contributed by atoms with Crippen molar-refractivity contribution >= 4 is 12.1 Å². The molecule has 1 aliphatic rings. The number of amides is 1. The molecular formula is C15H18N2O. The number of allylic oxidation sites excluding steroid dienone is 2. The van der Waals surface area contributed by atoms with Crippen LogP contribution < -0.4 is 5.43 Å². The molecule has 0 heterocycles. The lowest BCUT2D eigenvalue weighted by Crippen LogP contribution is -2.18. The summed E-state index contributed by atoms with van der Waals surface area (Å²) in [6.07, 6.45) is 9.43. The fourth-order valence-corrected chi connectivity index (χ4v) is 1.92. The van der Waals surface area contributed by atoms with Crippen molar-refractivity contribution in [3.05, 3.63) is 47.5 Å². The van der Waals surface area contributed by atoms with E-state index in [1.165, 1.54) is 0 Å². The van der Waals surface area contributed by atoms with Gasteiger partial charge in [0.25, 0.3) is 5.91 Å². The molecule has 3 heteroatoms. The summed E-state index contributed by atoms with van der Waals surface area (Å²) in [5, 5.41) is 4.04. The van der Waals surface area contributed by atoms with Gasteiger partial charge in [0, 0.05) is 11.8 Å². The second kappa shape index (κ2) is 6.15. The zero-order valence-electron chi connectivity index (χ0n) is 10.6. The van der Waals surface area contributed by atoms with Crippen LogP contribution in [0.5, 0.6) is 0 Å². The van der Waals surface area contributed by atoms with Gasteiger partial charge in [0.1, 0.15) is 0 Å². The highest BCUT2D eigenvalue weighted by atomic mass is 16.2. The smallest absolute Gasteiger partial charge is 0.267 e. The maximum absolute atomic E-state index is 11.8. The molecule has 3 nitrogen and oxygen atoms in total. The Morgan fingerprint density at radius 2 is 2.11 bits per heavy atom. The number of benzene rings is 1. The van der Waals surface area contributed by atoms with Crippen LogP contribution in [0.25, 0.3) is 0 Å². The van der Waals surface area contributed by atoms with Crippen molar-refractivity contribution in [2.45, 2.75) is 26.2 Å². The van der Waals surface area contributed by atoms with E-state index in [2.05, 4.69) is 22.7 Å². The molecule has 0 saturated heterocycles. The molecule has 1 aromatic carbocycles. The Hall–Kier alpha value is -1.90. The Labute approximate surface area is 108 Å². The highest BCUT2D eigenvalue weighted by molar-refractivity contribution is 5.94. The van der Waals surface area contributed by atoms with Crippen LogP contribution in [0.4, 0.5) is 0 Å². The number of hydrogen-bond donors (Lipinski definition) is 1. The largest absolute Gasteiger partial charge is 0.271 e. The van der Waals surface area contributed by atoms with Crippen LogP contribution >= 0.6 is 0 Å². The molecule has 0 aromatic heterocycles. The summed E-state index contributed by atoms with van der Waals surface area (Å²) < 4.78 is 0. The van der Waals surface area contributed by atoms with Gasteiger partial charge in [0.15, 0.2) is 0 Å². The molecule has 0 saturated carbocycles. The number of aryl methyl sites for hydroxylation is 1. The number of carbonyl (C=O) groups is 1. The summed E-state index contributed by atoms with van der Waals surface area (Å²) in [6, 6.07) is 7.46. The van der Waals surface area contributed by atoms with E-state index in [1.807, 2.05) is 37.4 Å². The minimum atomic E-state index is -0.155. The predicted octanol–water partition coefficient (Wildman–Crippen LogP) is 3.07. The summed E-state index contributed by atoms with van der Waals surface area (Å²) in [5.74, 6) is 0.297. The second-order valence-electron chi connectivity index (χ2n) is 4.63. The van der Waals surface area contributed by atoms with Gasteiger partial charge in [-0.05, 0) is 44.2 Å². The van der Waals surface area contributed by atoms with E-state index in [9.17, 15) is 4.79 Å². The molecule has 1 amide bonds. The molecule has 1 unspecified atom stereocenters. The summed E-state index contributed by atoms with van der Waals surface area (Å²) >= 11 is 0. The first-order valence-corrected chi connectivity index (χ1v) is 6.31. The first-order chi connectivity index (χ1) is 8.75. The van der Waals surface area contributed by atoms with Crippen molar-refractivity contribution in [1.29, 1.82) is 0 Å². The quantitative estimate of drug-likeness (QED) is 0.494. The monoisotopic (exact) mass is 242 g/mol. The molecule has 0 radical (unpaired) electrons. The summed E-state index contributed by atoms with van der Waals surface area (Å²) in [6.45, 7) is 2.00. The highest BCUT2D eigenvalue weighted by Crippen LogP contribution is 2.15. The zero-order chi connectivity index (χ0) is 12.8. The summed E-state index contributed by atoms with van der Waals surface area (Å²) in [7, 11) is 0. The van der Waals surface area contributed by atoms with Gasteiger partial charge >= 0.3 is 0 Å². The van der Waals surface area contributed by atoms with Gasteiger partial charge in [-0.2, -0.15) is 5.10 Å². The number of hydrogen-bond acceptors (Lipinski definition) is 2. The van der Waals surface area contributed by atoms with Crippen molar-refractivity contribution < 1.29 is 4.79 Å². The molecule has 0 aliphatic heterocycles. The molecule has 1 aliphatic carbocycles. The lowest BCUT2D eigenvalue weighted by atomic mass is 9.96. The fourth-order valence-electron chi connectivity index (χ4n) is 1.92. The van der Waals surface area contributed by atoms with Gasteiger partial charge < -0.3 is 0 Å². The third-order valence-corrected chi connectivity index (χ3v) is 3.07. The predicted molar refractivity (Wildman–Crippen MR) is 73.6 cm³/mol. The molecule has 1 atom stereocenters. The Balaban J connectivity index is 1.86. The fraction of sp³-hybridized carbons (Fsp3) is 0.333. The van der Waals surface area contributed by atoms with Crippen LogP contribution in [0.2, 0.25) is 0 Å². The van der Waals surface area contributed by atoms with Gasteiger partial charge in [-0.25, -0.2) is 5.43 Å². The third-order valence-electron chi connectivity index (χ3n) is 3.07. The normalized spacial score (nSPS) is 19.1. The summed E-state index contributed by atoms with van der Waals surface area (Å²) in [4.78, 5) is 11.8. The van der Waals surface area contributed by atoms with Crippen LogP contribution in [0, 0.1) is 12.8 Å². The van der Waals surface area contributed by atoms with Crippen molar-refractivity contribution in [2.24, 2.45) is 11.0 Å². The lowest BCUT2D eigenvalue weighted by molar-refractivity contribution is 0.0955. The van der Waals surface area contributed by atoms with E-state index in [1.54, 1.807) is 0 Å².